The molecule has 26 heavy (non-hydrogen) atoms. The monoisotopic (exact) mass is 353 g/mol. The van der Waals surface area contributed by atoms with E-state index in [1.54, 1.807) is 26.0 Å². The van der Waals surface area contributed by atoms with E-state index in [1.807, 2.05) is 53.9 Å². The normalized spacial score (nSPS) is 10.8. The standard InChI is InChI=1S/C20H23N3O3/c1-5-16-20(22-12-7-6-11-18(22)21-16)23(14(2)24)13-15-9-8-10-17(25-3)19(15)26-4/h6-12H,5,13H2,1-4H3. The molecular weight excluding hydrogens is 330 g/mol. The molecule has 0 aliphatic heterocycles. The summed E-state index contributed by atoms with van der Waals surface area (Å²) in [6, 6.07) is 11.5. The van der Waals surface area contributed by atoms with E-state index < -0.39 is 0 Å². The van der Waals surface area contributed by atoms with Crippen LogP contribution in [0.1, 0.15) is 25.1 Å². The third kappa shape index (κ3) is 3.10. The molecule has 6 heteroatoms. The molecule has 0 saturated carbocycles. The van der Waals surface area contributed by atoms with Gasteiger partial charge >= 0.3 is 0 Å². The summed E-state index contributed by atoms with van der Waals surface area (Å²) in [5, 5.41) is 0. The molecule has 6 nitrogen and oxygen atoms in total. The second-order valence-electron chi connectivity index (χ2n) is 5.92. The van der Waals surface area contributed by atoms with Crippen molar-refractivity contribution in [2.45, 2.75) is 26.8 Å². The van der Waals surface area contributed by atoms with Crippen LogP contribution in [0.5, 0.6) is 11.5 Å². The zero-order valence-corrected chi connectivity index (χ0v) is 15.5. The molecule has 2 aromatic heterocycles. The van der Waals surface area contributed by atoms with E-state index in [2.05, 4.69) is 4.98 Å². The number of para-hydroxylation sites is 1. The van der Waals surface area contributed by atoms with Gasteiger partial charge in [0.2, 0.25) is 5.91 Å². The maximum absolute atomic E-state index is 12.5. The van der Waals surface area contributed by atoms with Gasteiger partial charge in [-0.15, -0.1) is 0 Å². The van der Waals surface area contributed by atoms with Crippen molar-refractivity contribution >= 4 is 17.4 Å². The number of hydrogen-bond donors (Lipinski definition) is 0. The highest BCUT2D eigenvalue weighted by Crippen LogP contribution is 2.33. The Labute approximate surface area is 153 Å². The van der Waals surface area contributed by atoms with Gasteiger partial charge < -0.3 is 9.47 Å². The Balaban J connectivity index is 2.12. The maximum atomic E-state index is 12.5. The minimum absolute atomic E-state index is 0.0600. The lowest BCUT2D eigenvalue weighted by Gasteiger charge is -2.23. The van der Waals surface area contributed by atoms with Crippen LogP contribution in [0, 0.1) is 0 Å². The fourth-order valence-electron chi connectivity index (χ4n) is 3.14. The highest BCUT2D eigenvalue weighted by Gasteiger charge is 2.23. The summed E-state index contributed by atoms with van der Waals surface area (Å²) in [6.07, 6.45) is 2.66. The van der Waals surface area contributed by atoms with Crippen LogP contribution in [-0.4, -0.2) is 29.5 Å². The Hall–Kier alpha value is -3.02. The van der Waals surface area contributed by atoms with E-state index in [0.29, 0.717) is 18.0 Å². The van der Waals surface area contributed by atoms with Crippen LogP contribution >= 0.6 is 0 Å². The average molecular weight is 353 g/mol. The molecule has 0 N–H and O–H groups in total. The number of nitrogens with zero attached hydrogens (tertiary/aromatic N) is 3. The van der Waals surface area contributed by atoms with Crippen LogP contribution in [0.3, 0.4) is 0 Å². The van der Waals surface area contributed by atoms with Gasteiger partial charge in [0, 0.05) is 18.7 Å². The summed E-state index contributed by atoms with van der Waals surface area (Å²) >= 11 is 0. The Bertz CT molecular complexity index is 933. The van der Waals surface area contributed by atoms with E-state index >= 15 is 0 Å². The van der Waals surface area contributed by atoms with Crippen molar-refractivity contribution in [3.63, 3.8) is 0 Å². The summed E-state index contributed by atoms with van der Waals surface area (Å²) in [4.78, 5) is 18.9. The lowest BCUT2D eigenvalue weighted by atomic mass is 10.1. The van der Waals surface area contributed by atoms with Crippen LogP contribution in [0.2, 0.25) is 0 Å². The first-order valence-electron chi connectivity index (χ1n) is 8.54. The number of hydrogen-bond acceptors (Lipinski definition) is 4. The summed E-state index contributed by atoms with van der Waals surface area (Å²) in [5.41, 5.74) is 2.58. The molecule has 0 spiro atoms. The number of rotatable bonds is 6. The summed E-state index contributed by atoms with van der Waals surface area (Å²) in [5.74, 6) is 2.01. The summed E-state index contributed by atoms with van der Waals surface area (Å²) < 4.78 is 12.9. The molecule has 2 heterocycles. The number of aromatic nitrogens is 2. The summed E-state index contributed by atoms with van der Waals surface area (Å²) in [6.45, 7) is 3.97. The van der Waals surface area contributed by atoms with Crippen LogP contribution in [0.25, 0.3) is 5.65 Å². The number of imidazole rings is 1. The zero-order chi connectivity index (χ0) is 18.7. The van der Waals surface area contributed by atoms with Crippen LogP contribution in [0.15, 0.2) is 42.6 Å². The van der Waals surface area contributed by atoms with E-state index in [1.165, 1.54) is 0 Å². The number of aryl methyl sites for hydroxylation is 1. The van der Waals surface area contributed by atoms with Crippen molar-refractivity contribution in [3.8, 4) is 11.5 Å². The zero-order valence-electron chi connectivity index (χ0n) is 15.5. The van der Waals surface area contributed by atoms with Gasteiger partial charge in [-0.05, 0) is 24.6 Å². The number of ether oxygens (including phenoxy) is 2. The minimum Gasteiger partial charge on any atom is -0.493 e. The number of anilines is 1. The first-order chi connectivity index (χ1) is 12.6. The third-order valence-corrected chi connectivity index (χ3v) is 4.36. The van der Waals surface area contributed by atoms with E-state index in [-0.39, 0.29) is 5.91 Å². The minimum atomic E-state index is -0.0600. The average Bonchev–Trinajstić information content (AvgIpc) is 3.03. The number of carbonyl (C=O) groups excluding carboxylic acids is 1. The molecule has 0 unspecified atom stereocenters. The molecule has 0 atom stereocenters. The van der Waals surface area contributed by atoms with Crippen molar-refractivity contribution in [3.05, 3.63) is 53.9 Å². The van der Waals surface area contributed by atoms with Crippen LogP contribution in [-0.2, 0) is 17.8 Å². The Morgan fingerprint density at radius 1 is 1.15 bits per heavy atom. The highest BCUT2D eigenvalue weighted by atomic mass is 16.5. The largest absolute Gasteiger partial charge is 0.493 e. The Kier molecular flexibility index (Phi) is 5.11. The number of pyridine rings is 1. The second kappa shape index (κ2) is 7.47. The molecule has 0 aliphatic carbocycles. The van der Waals surface area contributed by atoms with Crippen molar-refractivity contribution in [1.29, 1.82) is 0 Å². The SMILES string of the molecule is CCc1nc2ccccn2c1N(Cc1cccc(OC)c1OC)C(C)=O. The first-order valence-corrected chi connectivity index (χ1v) is 8.54. The molecular formula is C20H23N3O3. The number of amides is 1. The van der Waals surface area contributed by atoms with Gasteiger partial charge in [-0.3, -0.25) is 14.1 Å². The van der Waals surface area contributed by atoms with Gasteiger partial charge in [-0.25, -0.2) is 4.98 Å². The molecule has 0 fully saturated rings. The van der Waals surface area contributed by atoms with Crippen LogP contribution in [0.4, 0.5) is 5.82 Å². The number of carbonyl (C=O) groups is 1. The number of methoxy groups -OCH3 is 2. The molecule has 0 aliphatic rings. The van der Waals surface area contributed by atoms with Gasteiger partial charge in [0.1, 0.15) is 11.5 Å². The fraction of sp³-hybridized carbons (Fsp3) is 0.300. The maximum Gasteiger partial charge on any atom is 0.225 e. The van der Waals surface area contributed by atoms with E-state index in [0.717, 1.165) is 29.1 Å². The molecule has 0 saturated heterocycles. The third-order valence-electron chi connectivity index (χ3n) is 4.36. The smallest absolute Gasteiger partial charge is 0.225 e. The molecule has 3 rings (SSSR count). The second-order valence-corrected chi connectivity index (χ2v) is 5.92. The van der Waals surface area contributed by atoms with Crippen molar-refractivity contribution in [2.75, 3.05) is 19.1 Å². The van der Waals surface area contributed by atoms with Gasteiger partial charge in [-0.1, -0.05) is 25.1 Å². The lowest BCUT2D eigenvalue weighted by Crippen LogP contribution is -2.30. The predicted octanol–water partition coefficient (Wildman–Crippen LogP) is 3.47. The highest BCUT2D eigenvalue weighted by molar-refractivity contribution is 5.91. The van der Waals surface area contributed by atoms with Gasteiger partial charge in [-0.2, -0.15) is 0 Å². The number of fused-ring (bicyclic) bond motifs is 1. The topological polar surface area (TPSA) is 56.1 Å². The van der Waals surface area contributed by atoms with Crippen molar-refractivity contribution in [2.24, 2.45) is 0 Å². The van der Waals surface area contributed by atoms with Gasteiger partial charge in [0.15, 0.2) is 11.5 Å². The van der Waals surface area contributed by atoms with Gasteiger partial charge in [0.05, 0.1) is 26.5 Å². The first kappa shape index (κ1) is 17.8. The van der Waals surface area contributed by atoms with Crippen molar-refractivity contribution < 1.29 is 14.3 Å². The lowest BCUT2D eigenvalue weighted by molar-refractivity contribution is -0.116. The predicted molar refractivity (Wildman–Crippen MR) is 101 cm³/mol. The molecule has 1 amide bonds. The van der Waals surface area contributed by atoms with Crippen molar-refractivity contribution in [1.82, 2.24) is 9.38 Å². The molecule has 0 bridgehead atoms. The summed E-state index contributed by atoms with van der Waals surface area (Å²) in [7, 11) is 3.20. The molecule has 0 radical (unpaired) electrons. The van der Waals surface area contributed by atoms with Gasteiger partial charge in [0.25, 0.3) is 0 Å². The quantitative estimate of drug-likeness (QED) is 0.681. The molecule has 1 aromatic carbocycles. The van der Waals surface area contributed by atoms with Crippen LogP contribution < -0.4 is 14.4 Å². The number of benzene rings is 1. The Morgan fingerprint density at radius 2 is 1.96 bits per heavy atom. The van der Waals surface area contributed by atoms with E-state index in [9.17, 15) is 4.79 Å². The fourth-order valence-corrected chi connectivity index (χ4v) is 3.14. The van der Waals surface area contributed by atoms with E-state index in [4.69, 9.17) is 9.47 Å². The molecule has 3 aromatic rings. The molecule has 136 valence electrons. The Morgan fingerprint density at radius 3 is 2.62 bits per heavy atom.